The molecule has 0 aliphatic heterocycles. The van der Waals surface area contributed by atoms with E-state index in [9.17, 15) is 4.79 Å². The normalized spacial score (nSPS) is 12.0. The number of aromatic nitrogens is 4. The minimum absolute atomic E-state index is 0.0000100. The van der Waals surface area contributed by atoms with Crippen LogP contribution in [0.25, 0.3) is 17.1 Å². The fourth-order valence-corrected chi connectivity index (χ4v) is 3.63. The van der Waals surface area contributed by atoms with Gasteiger partial charge < -0.3 is 5.32 Å². The number of nitrogens with zero attached hydrogens (tertiary/aromatic N) is 4. The van der Waals surface area contributed by atoms with Crippen LogP contribution >= 0.6 is 11.8 Å². The lowest BCUT2D eigenvalue weighted by molar-refractivity contribution is -0.119. The third-order valence-corrected chi connectivity index (χ3v) is 5.45. The molecule has 1 aromatic carbocycles. The third-order valence-electron chi connectivity index (χ3n) is 4.52. The molecular weight excluding hydrogens is 370 g/mol. The maximum Gasteiger partial charge on any atom is 0.230 e. The van der Waals surface area contributed by atoms with Crippen molar-refractivity contribution < 1.29 is 4.79 Å². The van der Waals surface area contributed by atoms with Gasteiger partial charge >= 0.3 is 0 Å². The molecule has 0 spiro atoms. The molecule has 0 saturated carbocycles. The van der Waals surface area contributed by atoms with Crippen molar-refractivity contribution in [2.45, 2.75) is 45.3 Å². The summed E-state index contributed by atoms with van der Waals surface area (Å²) < 4.78 is 2.02. The van der Waals surface area contributed by atoms with Crippen molar-refractivity contribution in [1.29, 1.82) is 0 Å². The summed E-state index contributed by atoms with van der Waals surface area (Å²) in [4.78, 5) is 16.3. The molecule has 0 aliphatic rings. The molecule has 7 heteroatoms. The second-order valence-corrected chi connectivity index (χ2v) is 7.78. The zero-order valence-electron chi connectivity index (χ0n) is 16.6. The molecule has 0 aliphatic carbocycles. The Hall–Kier alpha value is -2.67. The quantitative estimate of drug-likeness (QED) is 0.613. The van der Waals surface area contributed by atoms with Gasteiger partial charge in [-0.2, -0.15) is 0 Å². The highest BCUT2D eigenvalue weighted by atomic mass is 32.2. The first-order valence-corrected chi connectivity index (χ1v) is 10.3. The number of carbonyl (C=O) groups is 1. The Bertz CT molecular complexity index is 955. The smallest absolute Gasteiger partial charge is 0.230 e. The molecule has 28 heavy (non-hydrogen) atoms. The highest BCUT2D eigenvalue weighted by Crippen LogP contribution is 2.29. The molecule has 2 aromatic heterocycles. The number of thioether (sulfide) groups is 1. The van der Waals surface area contributed by atoms with Gasteiger partial charge in [0.1, 0.15) is 0 Å². The van der Waals surface area contributed by atoms with Gasteiger partial charge in [-0.15, -0.1) is 10.2 Å². The Morgan fingerprint density at radius 1 is 1.18 bits per heavy atom. The minimum Gasteiger partial charge on any atom is -0.353 e. The van der Waals surface area contributed by atoms with E-state index in [1.807, 2.05) is 23.6 Å². The van der Waals surface area contributed by atoms with Crippen LogP contribution in [-0.4, -0.2) is 37.5 Å². The van der Waals surface area contributed by atoms with Crippen LogP contribution in [0.3, 0.4) is 0 Å². The summed E-state index contributed by atoms with van der Waals surface area (Å²) in [6.07, 6.45) is 4.38. The summed E-state index contributed by atoms with van der Waals surface area (Å²) in [7, 11) is 0. The van der Waals surface area contributed by atoms with Crippen LogP contribution < -0.4 is 5.32 Å². The van der Waals surface area contributed by atoms with Gasteiger partial charge in [-0.3, -0.25) is 14.3 Å². The van der Waals surface area contributed by atoms with Crippen molar-refractivity contribution in [3.63, 3.8) is 0 Å². The molecule has 0 saturated heterocycles. The van der Waals surface area contributed by atoms with Crippen molar-refractivity contribution >= 4 is 17.7 Å². The van der Waals surface area contributed by atoms with Gasteiger partial charge in [0.2, 0.25) is 5.91 Å². The topological polar surface area (TPSA) is 72.7 Å². The minimum atomic E-state index is -0.0000100. The summed E-state index contributed by atoms with van der Waals surface area (Å²) >= 11 is 1.39. The van der Waals surface area contributed by atoms with Gasteiger partial charge in [0.05, 0.1) is 11.4 Å². The standard InChI is InChI=1S/C21H25N5OS/c1-5-16(4)23-19(27)13-28-21-25-24-20(17-8-10-22-11-9-17)26(21)18-7-6-14(2)12-15(18)3/h6-12,16H,5,13H2,1-4H3,(H,23,27)/t16-/m1/s1. The Morgan fingerprint density at radius 3 is 2.61 bits per heavy atom. The molecule has 1 N–H and O–H groups in total. The molecule has 2 heterocycles. The molecule has 0 radical (unpaired) electrons. The van der Waals surface area contributed by atoms with Gasteiger partial charge in [-0.05, 0) is 51.0 Å². The molecule has 0 unspecified atom stereocenters. The molecule has 146 valence electrons. The fourth-order valence-electron chi connectivity index (χ4n) is 2.87. The first-order valence-electron chi connectivity index (χ1n) is 9.35. The summed E-state index contributed by atoms with van der Waals surface area (Å²) in [6, 6.07) is 10.3. The summed E-state index contributed by atoms with van der Waals surface area (Å²) in [6.45, 7) is 8.20. The fraction of sp³-hybridized carbons (Fsp3) is 0.333. The third kappa shape index (κ3) is 4.59. The van der Waals surface area contributed by atoms with E-state index in [4.69, 9.17) is 0 Å². The van der Waals surface area contributed by atoms with E-state index in [0.29, 0.717) is 10.9 Å². The summed E-state index contributed by atoms with van der Waals surface area (Å²) in [5, 5.41) is 12.5. The second kappa shape index (κ2) is 9.01. The van der Waals surface area contributed by atoms with Gasteiger partial charge in [-0.1, -0.05) is 36.4 Å². The highest BCUT2D eigenvalue weighted by Gasteiger charge is 2.19. The first kappa shape index (κ1) is 20.1. The van der Waals surface area contributed by atoms with E-state index >= 15 is 0 Å². The summed E-state index contributed by atoms with van der Waals surface area (Å²) in [5.41, 5.74) is 4.26. The van der Waals surface area contributed by atoms with Crippen molar-refractivity contribution in [3.8, 4) is 17.1 Å². The van der Waals surface area contributed by atoms with Crippen LogP contribution in [-0.2, 0) is 4.79 Å². The molecule has 3 rings (SSSR count). The van der Waals surface area contributed by atoms with Crippen LogP contribution in [0.5, 0.6) is 0 Å². The van der Waals surface area contributed by atoms with Gasteiger partial charge in [0.15, 0.2) is 11.0 Å². The van der Waals surface area contributed by atoms with Crippen molar-refractivity contribution in [2.24, 2.45) is 0 Å². The number of nitrogens with one attached hydrogen (secondary N) is 1. The van der Waals surface area contributed by atoms with Gasteiger partial charge in [0, 0.05) is 24.0 Å². The lowest BCUT2D eigenvalue weighted by Crippen LogP contribution is -2.33. The zero-order chi connectivity index (χ0) is 20.1. The van der Waals surface area contributed by atoms with E-state index in [1.165, 1.54) is 17.3 Å². The molecule has 0 bridgehead atoms. The Morgan fingerprint density at radius 2 is 1.93 bits per heavy atom. The van der Waals surface area contributed by atoms with Crippen LogP contribution in [0.15, 0.2) is 47.9 Å². The monoisotopic (exact) mass is 395 g/mol. The summed E-state index contributed by atoms with van der Waals surface area (Å²) in [5.74, 6) is 1.03. The Kier molecular flexibility index (Phi) is 6.46. The average Bonchev–Trinajstić information content (AvgIpc) is 3.10. The zero-order valence-corrected chi connectivity index (χ0v) is 17.5. The number of aryl methyl sites for hydroxylation is 2. The van der Waals surface area contributed by atoms with Crippen LogP contribution in [0.4, 0.5) is 0 Å². The molecule has 0 fully saturated rings. The van der Waals surface area contributed by atoms with Crippen molar-refractivity contribution in [1.82, 2.24) is 25.1 Å². The van der Waals surface area contributed by atoms with E-state index in [1.54, 1.807) is 12.4 Å². The number of pyridine rings is 1. The number of benzene rings is 1. The SMILES string of the molecule is CC[C@@H](C)NC(=O)CSc1nnc(-c2ccncc2)n1-c1ccc(C)cc1C. The van der Waals surface area contributed by atoms with Crippen LogP contribution in [0, 0.1) is 13.8 Å². The van der Waals surface area contributed by atoms with Crippen LogP contribution in [0.1, 0.15) is 31.4 Å². The molecule has 1 atom stereocenters. The molecule has 6 nitrogen and oxygen atoms in total. The van der Waals surface area contributed by atoms with E-state index in [2.05, 4.69) is 59.5 Å². The predicted octanol–water partition coefficient (Wildman–Crippen LogP) is 3.95. The average molecular weight is 396 g/mol. The van der Waals surface area contributed by atoms with Gasteiger partial charge in [0.25, 0.3) is 0 Å². The maximum absolute atomic E-state index is 12.2. The van der Waals surface area contributed by atoms with Crippen molar-refractivity contribution in [3.05, 3.63) is 53.9 Å². The van der Waals surface area contributed by atoms with Crippen molar-refractivity contribution in [2.75, 3.05) is 5.75 Å². The largest absolute Gasteiger partial charge is 0.353 e. The Labute approximate surface area is 169 Å². The number of carbonyl (C=O) groups excluding carboxylic acids is 1. The number of amides is 1. The lowest BCUT2D eigenvalue weighted by atomic mass is 10.1. The molecule has 1 amide bonds. The van der Waals surface area contributed by atoms with E-state index < -0.39 is 0 Å². The molecular formula is C21H25N5OS. The number of rotatable bonds is 7. The number of hydrogen-bond donors (Lipinski definition) is 1. The Balaban J connectivity index is 1.97. The first-order chi connectivity index (χ1) is 13.5. The van der Waals surface area contributed by atoms with E-state index in [-0.39, 0.29) is 11.9 Å². The lowest BCUT2D eigenvalue weighted by Gasteiger charge is -2.14. The van der Waals surface area contributed by atoms with Gasteiger partial charge in [-0.25, -0.2) is 0 Å². The molecule has 3 aromatic rings. The van der Waals surface area contributed by atoms with Crippen LogP contribution in [0.2, 0.25) is 0 Å². The second-order valence-electron chi connectivity index (χ2n) is 6.83. The maximum atomic E-state index is 12.2. The highest BCUT2D eigenvalue weighted by molar-refractivity contribution is 7.99. The predicted molar refractivity (Wildman–Crippen MR) is 113 cm³/mol. The number of hydrogen-bond acceptors (Lipinski definition) is 5. The van der Waals surface area contributed by atoms with E-state index in [0.717, 1.165) is 29.1 Å².